The van der Waals surface area contributed by atoms with Gasteiger partial charge in [0.15, 0.2) is 5.78 Å². The van der Waals surface area contributed by atoms with Crippen LogP contribution < -0.4 is 5.90 Å². The summed E-state index contributed by atoms with van der Waals surface area (Å²) in [5.41, 5.74) is 0.596. The van der Waals surface area contributed by atoms with E-state index in [2.05, 4.69) is 18.7 Å². The maximum Gasteiger partial charge on any atom is 0.168 e. The van der Waals surface area contributed by atoms with Gasteiger partial charge in [-0.15, -0.1) is 0 Å². The second-order valence-electron chi connectivity index (χ2n) is 5.23. The first-order valence-corrected chi connectivity index (χ1v) is 7.47. The number of unbranched alkanes of at least 4 members (excludes halogenated alkanes) is 2. The lowest BCUT2D eigenvalue weighted by atomic mass is 9.72. The van der Waals surface area contributed by atoms with Crippen molar-refractivity contribution < 1.29 is 9.63 Å². The molecule has 0 amide bonds. The van der Waals surface area contributed by atoms with Crippen molar-refractivity contribution in [3.05, 3.63) is 42.5 Å². The van der Waals surface area contributed by atoms with Crippen LogP contribution in [0, 0.1) is 12.0 Å². The molecule has 0 saturated heterocycles. The number of benzene rings is 1. The van der Waals surface area contributed by atoms with Crippen LogP contribution in [-0.4, -0.2) is 5.78 Å². The summed E-state index contributed by atoms with van der Waals surface area (Å²) < 4.78 is 0. The van der Waals surface area contributed by atoms with E-state index in [1.54, 1.807) is 6.61 Å². The number of ketones is 1. The van der Waals surface area contributed by atoms with E-state index >= 15 is 0 Å². The van der Waals surface area contributed by atoms with E-state index in [1.165, 1.54) is 0 Å². The van der Waals surface area contributed by atoms with Gasteiger partial charge in [0.2, 0.25) is 0 Å². The normalized spacial score (nSPS) is 11.6. The summed E-state index contributed by atoms with van der Waals surface area (Å²) in [6.45, 7) is 5.83. The average molecular weight is 276 g/mol. The van der Waals surface area contributed by atoms with Crippen LogP contribution in [0.2, 0.25) is 0 Å². The van der Waals surface area contributed by atoms with Crippen molar-refractivity contribution in [1.29, 1.82) is 0 Å². The molecule has 0 heterocycles. The van der Waals surface area contributed by atoms with Crippen LogP contribution in [0.4, 0.5) is 0 Å². The monoisotopic (exact) mass is 276 g/mol. The minimum absolute atomic E-state index is 0.231. The van der Waals surface area contributed by atoms with E-state index in [-0.39, 0.29) is 11.2 Å². The Balaban J connectivity index is 2.68. The van der Waals surface area contributed by atoms with Gasteiger partial charge < -0.3 is 0 Å². The van der Waals surface area contributed by atoms with Crippen molar-refractivity contribution in [1.82, 2.24) is 0 Å². The summed E-state index contributed by atoms with van der Waals surface area (Å²) in [6.07, 6.45) is 5.54. The third-order valence-electron chi connectivity index (χ3n) is 4.19. The lowest BCUT2D eigenvalue weighted by molar-refractivity contribution is 0.0751. The fourth-order valence-corrected chi connectivity index (χ4v) is 2.69. The summed E-state index contributed by atoms with van der Waals surface area (Å²) in [5.74, 6) is 5.24. The van der Waals surface area contributed by atoms with Crippen LogP contribution in [0.15, 0.2) is 30.3 Å². The molecule has 0 saturated carbocycles. The van der Waals surface area contributed by atoms with Gasteiger partial charge >= 0.3 is 0 Å². The minimum atomic E-state index is -0.231. The number of rotatable bonds is 10. The molecule has 0 aliphatic heterocycles. The van der Waals surface area contributed by atoms with Crippen molar-refractivity contribution in [3.63, 3.8) is 0 Å². The molecule has 0 aromatic heterocycles. The Morgan fingerprint density at radius 3 is 2.40 bits per heavy atom. The van der Waals surface area contributed by atoms with Crippen LogP contribution >= 0.6 is 0 Å². The molecule has 0 atom stereocenters. The van der Waals surface area contributed by atoms with Gasteiger partial charge in [0.25, 0.3) is 0 Å². The number of hydrogen-bond donors (Lipinski definition) is 1. The van der Waals surface area contributed by atoms with Crippen molar-refractivity contribution in [3.8, 4) is 0 Å². The number of carbonyl (C=O) groups excluding carboxylic acids is 1. The molecule has 0 spiro atoms. The van der Waals surface area contributed by atoms with E-state index in [1.807, 2.05) is 30.3 Å². The smallest absolute Gasteiger partial charge is 0.168 e. The fraction of sp³-hybridized carbons (Fsp3) is 0.529. The summed E-state index contributed by atoms with van der Waals surface area (Å²) in [5, 5.41) is 0. The quantitative estimate of drug-likeness (QED) is 0.394. The van der Waals surface area contributed by atoms with Crippen LogP contribution in [0.1, 0.15) is 62.7 Å². The zero-order valence-corrected chi connectivity index (χ0v) is 12.6. The van der Waals surface area contributed by atoms with Gasteiger partial charge in [-0.1, -0.05) is 57.0 Å². The molecule has 0 unspecified atom stereocenters. The highest BCUT2D eigenvalue weighted by Gasteiger charge is 2.34. The Morgan fingerprint density at radius 2 is 1.85 bits per heavy atom. The van der Waals surface area contributed by atoms with E-state index in [0.717, 1.165) is 44.1 Å². The Kier molecular flexibility index (Phi) is 7.48. The zero-order valence-electron chi connectivity index (χ0n) is 12.6. The van der Waals surface area contributed by atoms with Crippen LogP contribution in [0.3, 0.4) is 0 Å². The second kappa shape index (κ2) is 8.88. The molecule has 111 valence electrons. The number of Topliss-reactive ketones (excluding diaryl/α,β-unsaturated/α-hetero) is 1. The molecular formula is C17H26NO2. The molecule has 3 heteroatoms. The largest absolute Gasteiger partial charge is 0.299 e. The summed E-state index contributed by atoms with van der Waals surface area (Å²) in [6, 6.07) is 9.63. The Labute approximate surface area is 122 Å². The molecule has 0 bridgehead atoms. The van der Waals surface area contributed by atoms with Gasteiger partial charge in [0.1, 0.15) is 6.61 Å². The van der Waals surface area contributed by atoms with Gasteiger partial charge in [-0.25, -0.2) is 5.90 Å². The fourth-order valence-electron chi connectivity index (χ4n) is 2.69. The Morgan fingerprint density at radius 1 is 1.20 bits per heavy atom. The first kappa shape index (κ1) is 16.9. The maximum absolute atomic E-state index is 12.8. The van der Waals surface area contributed by atoms with Gasteiger partial charge in [0.05, 0.1) is 0 Å². The van der Waals surface area contributed by atoms with Crippen molar-refractivity contribution in [2.45, 2.75) is 52.4 Å². The summed E-state index contributed by atoms with van der Waals surface area (Å²) in [7, 11) is 0. The zero-order chi connectivity index (χ0) is 14.8. The van der Waals surface area contributed by atoms with E-state index in [4.69, 9.17) is 5.90 Å². The second-order valence-corrected chi connectivity index (χ2v) is 5.23. The molecule has 1 radical (unpaired) electrons. The standard InChI is InChI=1S/C17H26NO2/c1-3-17(4-2,13-9-6-10-14-20-18)16(19)15-11-7-5-8-12-15/h5,7-8,11-12,14H,3-4,6,9-10,13,18H2,1-2H3. The Hall–Kier alpha value is -1.19. The predicted octanol–water partition coefficient (Wildman–Crippen LogP) is 4.29. The van der Waals surface area contributed by atoms with E-state index < -0.39 is 0 Å². The number of carbonyl (C=O) groups is 1. The molecule has 1 rings (SSSR count). The predicted molar refractivity (Wildman–Crippen MR) is 81.8 cm³/mol. The van der Waals surface area contributed by atoms with Crippen LogP contribution in [0.5, 0.6) is 0 Å². The number of hydrogen-bond acceptors (Lipinski definition) is 3. The first-order chi connectivity index (χ1) is 9.70. The van der Waals surface area contributed by atoms with Crippen molar-refractivity contribution in [2.75, 3.05) is 0 Å². The van der Waals surface area contributed by atoms with E-state index in [9.17, 15) is 4.79 Å². The topological polar surface area (TPSA) is 52.3 Å². The minimum Gasteiger partial charge on any atom is -0.299 e. The molecule has 0 aliphatic carbocycles. The summed E-state index contributed by atoms with van der Waals surface area (Å²) in [4.78, 5) is 17.2. The molecule has 0 aliphatic rings. The molecule has 1 aromatic rings. The van der Waals surface area contributed by atoms with Gasteiger partial charge in [-0.05, 0) is 25.7 Å². The average Bonchev–Trinajstić information content (AvgIpc) is 2.52. The lowest BCUT2D eigenvalue weighted by Crippen LogP contribution is -2.30. The third kappa shape index (κ3) is 4.43. The van der Waals surface area contributed by atoms with Gasteiger partial charge in [-0.3, -0.25) is 9.63 Å². The highest BCUT2D eigenvalue weighted by atomic mass is 16.6. The van der Waals surface area contributed by atoms with E-state index in [0.29, 0.717) is 0 Å². The van der Waals surface area contributed by atoms with Gasteiger partial charge in [0, 0.05) is 11.0 Å². The number of nitrogens with two attached hydrogens (primary N) is 1. The van der Waals surface area contributed by atoms with Crippen LogP contribution in [-0.2, 0) is 4.84 Å². The van der Waals surface area contributed by atoms with Crippen molar-refractivity contribution >= 4 is 5.78 Å². The highest BCUT2D eigenvalue weighted by molar-refractivity contribution is 6.00. The maximum atomic E-state index is 12.8. The lowest BCUT2D eigenvalue weighted by Gasteiger charge is -2.30. The summed E-state index contributed by atoms with van der Waals surface area (Å²) >= 11 is 0. The molecule has 0 fully saturated rings. The highest BCUT2D eigenvalue weighted by Crippen LogP contribution is 2.36. The molecule has 3 nitrogen and oxygen atoms in total. The SMILES string of the molecule is CCC(CC)(CCCC[CH]ON)C(=O)c1ccccc1. The third-order valence-corrected chi connectivity index (χ3v) is 4.19. The molecular weight excluding hydrogens is 250 g/mol. The van der Waals surface area contributed by atoms with Crippen molar-refractivity contribution in [2.24, 2.45) is 11.3 Å². The molecule has 1 aromatic carbocycles. The molecule has 20 heavy (non-hydrogen) atoms. The first-order valence-electron chi connectivity index (χ1n) is 7.47. The van der Waals surface area contributed by atoms with Crippen LogP contribution in [0.25, 0.3) is 0 Å². The van der Waals surface area contributed by atoms with Gasteiger partial charge in [-0.2, -0.15) is 0 Å². The molecule has 2 N–H and O–H groups in total. The Bertz CT molecular complexity index is 385.